The van der Waals surface area contributed by atoms with Crippen molar-refractivity contribution in [3.63, 3.8) is 0 Å². The van der Waals surface area contributed by atoms with Crippen LogP contribution in [0.4, 0.5) is 11.6 Å². The van der Waals surface area contributed by atoms with Gasteiger partial charge in [-0.2, -0.15) is 9.67 Å². The minimum absolute atomic E-state index is 0.0126. The molecule has 2 N–H and O–H groups in total. The predicted molar refractivity (Wildman–Crippen MR) is 128 cm³/mol. The molecule has 0 amide bonds. The van der Waals surface area contributed by atoms with Crippen molar-refractivity contribution in [2.45, 2.75) is 19.9 Å². The van der Waals surface area contributed by atoms with Crippen molar-refractivity contribution in [1.29, 1.82) is 0 Å². The lowest BCUT2D eigenvalue weighted by molar-refractivity contribution is 0.0949. The lowest BCUT2D eigenvalue weighted by atomic mass is 10.1. The van der Waals surface area contributed by atoms with E-state index in [9.17, 15) is 4.79 Å². The van der Waals surface area contributed by atoms with Gasteiger partial charge in [0.2, 0.25) is 11.8 Å². The zero-order valence-corrected chi connectivity index (χ0v) is 18.7. The van der Waals surface area contributed by atoms with Gasteiger partial charge in [-0.15, -0.1) is 5.10 Å². The molecule has 33 heavy (non-hydrogen) atoms. The molecule has 0 aliphatic carbocycles. The molecule has 0 spiro atoms. The Morgan fingerprint density at radius 2 is 1.76 bits per heavy atom. The van der Waals surface area contributed by atoms with Crippen LogP contribution >= 0.6 is 0 Å². The number of fused-ring (bicyclic) bond motifs is 1. The van der Waals surface area contributed by atoms with Crippen LogP contribution in [0.5, 0.6) is 0 Å². The third-order valence-electron chi connectivity index (χ3n) is 6.08. The van der Waals surface area contributed by atoms with Gasteiger partial charge in [-0.05, 0) is 50.2 Å². The number of benzene rings is 1. The molecule has 1 aliphatic rings. The maximum Gasteiger partial charge on any atom is 0.283 e. The highest BCUT2D eigenvalue weighted by Gasteiger charge is 2.24. The Bertz CT molecular complexity index is 1290. The molecule has 0 atom stereocenters. The monoisotopic (exact) mass is 442 g/mol. The number of carbonyl (C=O) groups is 1. The van der Waals surface area contributed by atoms with E-state index in [1.54, 1.807) is 24.5 Å². The van der Waals surface area contributed by atoms with Gasteiger partial charge in [0.05, 0.1) is 11.1 Å². The minimum atomic E-state index is -0.373. The first-order valence-electron chi connectivity index (χ1n) is 11.1. The summed E-state index contributed by atoms with van der Waals surface area (Å²) in [6, 6.07) is 13.7. The highest BCUT2D eigenvalue weighted by atomic mass is 16.2. The fourth-order valence-corrected chi connectivity index (χ4v) is 4.28. The number of aromatic nitrogens is 5. The Hall–Kier alpha value is -3.85. The number of hydrogen-bond donors (Lipinski definition) is 1. The van der Waals surface area contributed by atoms with Crippen LogP contribution in [0.25, 0.3) is 22.4 Å². The molecule has 9 nitrogen and oxygen atoms in total. The predicted octanol–water partition coefficient (Wildman–Crippen LogP) is 2.69. The highest BCUT2D eigenvalue weighted by molar-refractivity contribution is 6.10. The summed E-state index contributed by atoms with van der Waals surface area (Å²) in [7, 11) is 0. The van der Waals surface area contributed by atoms with Crippen molar-refractivity contribution in [1.82, 2.24) is 29.6 Å². The fourth-order valence-electron chi connectivity index (χ4n) is 4.28. The summed E-state index contributed by atoms with van der Waals surface area (Å²) < 4.78 is 1.12. The summed E-state index contributed by atoms with van der Waals surface area (Å²) in [4.78, 5) is 31.3. The summed E-state index contributed by atoms with van der Waals surface area (Å²) in [6.07, 6.45) is 3.34. The quantitative estimate of drug-likeness (QED) is 0.514. The second-order valence-corrected chi connectivity index (χ2v) is 8.37. The molecule has 9 heteroatoms. The average Bonchev–Trinajstić information content (AvgIpc) is 3.25. The van der Waals surface area contributed by atoms with E-state index in [2.05, 4.69) is 43.7 Å². The molecule has 168 valence electrons. The van der Waals surface area contributed by atoms with Gasteiger partial charge in [0.25, 0.3) is 5.91 Å². The van der Waals surface area contributed by atoms with E-state index in [1.165, 1.54) is 0 Å². The molecule has 1 fully saturated rings. The molecule has 1 aliphatic heterocycles. The second-order valence-electron chi connectivity index (χ2n) is 8.37. The van der Waals surface area contributed by atoms with Crippen molar-refractivity contribution in [3.05, 3.63) is 60.4 Å². The lowest BCUT2D eigenvalue weighted by Crippen LogP contribution is -2.49. The molecule has 3 aromatic heterocycles. The van der Waals surface area contributed by atoms with Gasteiger partial charge < -0.3 is 10.6 Å². The first-order valence-corrected chi connectivity index (χ1v) is 11.1. The van der Waals surface area contributed by atoms with Crippen molar-refractivity contribution < 1.29 is 4.79 Å². The number of nitrogens with two attached hydrogens (primary N) is 1. The molecule has 4 heterocycles. The topological polar surface area (TPSA) is 106 Å². The van der Waals surface area contributed by atoms with Crippen LogP contribution in [-0.4, -0.2) is 67.8 Å². The number of pyridine rings is 2. The summed E-state index contributed by atoms with van der Waals surface area (Å²) in [5.74, 6) is -0.0564. The summed E-state index contributed by atoms with van der Waals surface area (Å²) in [5.41, 5.74) is 8.74. The fraction of sp³-hybridized carbons (Fsp3) is 0.292. The Balaban J connectivity index is 1.50. The molecular formula is C24H26N8O. The van der Waals surface area contributed by atoms with E-state index in [1.807, 2.05) is 30.3 Å². The van der Waals surface area contributed by atoms with Gasteiger partial charge in [0, 0.05) is 55.7 Å². The van der Waals surface area contributed by atoms with Gasteiger partial charge in [-0.25, -0.2) is 0 Å². The Morgan fingerprint density at radius 3 is 2.48 bits per heavy atom. The van der Waals surface area contributed by atoms with Crippen LogP contribution < -0.4 is 10.6 Å². The van der Waals surface area contributed by atoms with Crippen LogP contribution in [0.3, 0.4) is 0 Å². The van der Waals surface area contributed by atoms with Crippen LogP contribution in [0.2, 0.25) is 0 Å². The van der Waals surface area contributed by atoms with Crippen molar-refractivity contribution in [2.75, 3.05) is 36.8 Å². The van der Waals surface area contributed by atoms with Crippen LogP contribution in [0.15, 0.2) is 54.9 Å². The number of anilines is 2. The molecule has 0 saturated carbocycles. The second kappa shape index (κ2) is 8.59. The summed E-state index contributed by atoms with van der Waals surface area (Å²) in [6.45, 7) is 8.32. The van der Waals surface area contributed by atoms with E-state index in [4.69, 9.17) is 5.73 Å². The van der Waals surface area contributed by atoms with Gasteiger partial charge >= 0.3 is 0 Å². The number of nitrogens with zero attached hydrogens (tertiary/aromatic N) is 7. The zero-order valence-electron chi connectivity index (χ0n) is 18.7. The van der Waals surface area contributed by atoms with Crippen molar-refractivity contribution >= 4 is 28.4 Å². The van der Waals surface area contributed by atoms with Crippen molar-refractivity contribution in [2.24, 2.45) is 0 Å². The minimum Gasteiger partial charge on any atom is -0.368 e. The number of rotatable bonds is 4. The van der Waals surface area contributed by atoms with Gasteiger partial charge in [0.15, 0.2) is 0 Å². The Labute approximate surface area is 191 Å². The highest BCUT2D eigenvalue weighted by Crippen LogP contribution is 2.30. The lowest BCUT2D eigenvalue weighted by Gasteiger charge is -2.38. The SMILES string of the molecule is CC(C)N1CCN(c2ccc(C(=O)n3nc(-c4ccccn4)nc3N)c3ncccc23)CC1. The molecule has 0 bridgehead atoms. The third kappa shape index (κ3) is 3.91. The molecule has 0 radical (unpaired) electrons. The van der Waals surface area contributed by atoms with Gasteiger partial charge in [0.1, 0.15) is 5.69 Å². The largest absolute Gasteiger partial charge is 0.368 e. The number of nitrogen functional groups attached to an aromatic ring is 1. The summed E-state index contributed by atoms with van der Waals surface area (Å²) >= 11 is 0. The zero-order chi connectivity index (χ0) is 22.9. The first-order chi connectivity index (χ1) is 16.0. The molecule has 0 unspecified atom stereocenters. The van der Waals surface area contributed by atoms with Crippen LogP contribution in [-0.2, 0) is 0 Å². The Morgan fingerprint density at radius 1 is 0.970 bits per heavy atom. The third-order valence-corrected chi connectivity index (χ3v) is 6.08. The van der Waals surface area contributed by atoms with Gasteiger partial charge in [-0.1, -0.05) is 6.07 Å². The smallest absolute Gasteiger partial charge is 0.283 e. The maximum absolute atomic E-state index is 13.4. The Kier molecular flexibility index (Phi) is 5.47. The van der Waals surface area contributed by atoms with E-state index >= 15 is 0 Å². The van der Waals surface area contributed by atoms with E-state index < -0.39 is 0 Å². The average molecular weight is 443 g/mol. The normalized spacial score (nSPS) is 14.8. The van der Waals surface area contributed by atoms with Crippen LogP contribution in [0.1, 0.15) is 24.2 Å². The van der Waals surface area contributed by atoms with E-state index in [0.717, 1.165) is 41.9 Å². The summed E-state index contributed by atoms with van der Waals surface area (Å²) in [5, 5.41) is 5.26. The maximum atomic E-state index is 13.4. The first kappa shape index (κ1) is 21.0. The van der Waals surface area contributed by atoms with E-state index in [0.29, 0.717) is 28.6 Å². The molecule has 4 aromatic rings. The van der Waals surface area contributed by atoms with Gasteiger partial charge in [-0.3, -0.25) is 19.7 Å². The van der Waals surface area contributed by atoms with E-state index in [-0.39, 0.29) is 11.9 Å². The van der Waals surface area contributed by atoms with Crippen LogP contribution in [0, 0.1) is 0 Å². The molecule has 1 aromatic carbocycles. The number of piperazine rings is 1. The standard InChI is InChI=1S/C24H26N8O/c1-16(2)30-12-14-31(15-13-30)20-9-8-18(21-17(20)6-5-11-27-21)23(33)32-24(25)28-22(29-32)19-7-3-4-10-26-19/h3-11,16H,12-15H2,1-2H3,(H2,25,28,29). The number of hydrogen-bond acceptors (Lipinski definition) is 8. The molecule has 5 rings (SSSR count). The number of carbonyl (C=O) groups excluding carboxylic acids is 1. The molecular weight excluding hydrogens is 416 g/mol. The molecule has 1 saturated heterocycles. The van der Waals surface area contributed by atoms with Crippen molar-refractivity contribution in [3.8, 4) is 11.5 Å².